The molecule has 0 saturated heterocycles. The summed E-state index contributed by atoms with van der Waals surface area (Å²) >= 11 is 3.50. The van der Waals surface area contributed by atoms with Crippen LogP contribution in [0.3, 0.4) is 0 Å². The molecule has 21 heavy (non-hydrogen) atoms. The molecule has 0 radical (unpaired) electrons. The number of fused-ring (bicyclic) bond motifs is 1. The van der Waals surface area contributed by atoms with Gasteiger partial charge in [-0.05, 0) is 34.5 Å². The molecule has 2 heterocycles. The molecular weight excluding hydrogens is 330 g/mol. The highest BCUT2D eigenvalue weighted by molar-refractivity contribution is 9.10. The molecule has 3 aromatic rings. The molecule has 0 aliphatic carbocycles. The van der Waals surface area contributed by atoms with Gasteiger partial charge in [-0.15, -0.1) is 0 Å². The topological polar surface area (TPSA) is 57.0 Å². The third-order valence-electron chi connectivity index (χ3n) is 3.55. The molecule has 0 saturated carbocycles. The number of imidazole rings is 1. The van der Waals surface area contributed by atoms with Gasteiger partial charge in [0.1, 0.15) is 17.2 Å². The quantitative estimate of drug-likeness (QED) is 0.757. The Morgan fingerprint density at radius 3 is 3.05 bits per heavy atom. The van der Waals surface area contributed by atoms with Gasteiger partial charge in [0.15, 0.2) is 0 Å². The van der Waals surface area contributed by atoms with Crippen LogP contribution in [-0.4, -0.2) is 9.55 Å². The van der Waals surface area contributed by atoms with E-state index in [4.69, 9.17) is 10.2 Å². The first-order chi connectivity index (χ1) is 10.2. The summed E-state index contributed by atoms with van der Waals surface area (Å²) in [7, 11) is 0. The Morgan fingerprint density at radius 1 is 1.43 bits per heavy atom. The van der Waals surface area contributed by atoms with E-state index in [9.17, 15) is 0 Å². The maximum Gasteiger partial charge on any atom is 0.148 e. The second-order valence-electron chi connectivity index (χ2n) is 5.15. The lowest BCUT2D eigenvalue weighted by Crippen LogP contribution is -2.16. The number of hydrogen-bond donors (Lipinski definition) is 1. The van der Waals surface area contributed by atoms with Gasteiger partial charge in [-0.25, -0.2) is 4.98 Å². The van der Waals surface area contributed by atoms with Crippen LogP contribution in [0, 0.1) is 0 Å². The van der Waals surface area contributed by atoms with Gasteiger partial charge in [0.05, 0.1) is 10.5 Å². The molecule has 1 atom stereocenters. The van der Waals surface area contributed by atoms with Crippen molar-refractivity contribution < 1.29 is 4.42 Å². The fourth-order valence-corrected chi connectivity index (χ4v) is 2.96. The number of nitrogens with zero attached hydrogens (tertiary/aromatic N) is 2. The van der Waals surface area contributed by atoms with Gasteiger partial charge in [0, 0.05) is 30.7 Å². The van der Waals surface area contributed by atoms with Crippen LogP contribution < -0.4 is 5.73 Å². The molecule has 0 aliphatic rings. The lowest BCUT2D eigenvalue weighted by atomic mass is 10.1. The van der Waals surface area contributed by atoms with E-state index in [1.807, 2.05) is 36.7 Å². The minimum absolute atomic E-state index is 0.192. The summed E-state index contributed by atoms with van der Waals surface area (Å²) in [6, 6.07) is 7.80. The number of aromatic nitrogens is 2. The lowest BCUT2D eigenvalue weighted by Gasteiger charge is -2.10. The zero-order valence-electron chi connectivity index (χ0n) is 11.9. The number of aryl methyl sites for hydroxylation is 1. The SMILES string of the molecule is CCCn1ccnc1CC(N)c1cc2cccc(Br)c2o1. The van der Waals surface area contributed by atoms with Crippen LogP contribution in [0.15, 0.2) is 45.5 Å². The molecule has 1 unspecified atom stereocenters. The van der Waals surface area contributed by atoms with Gasteiger partial charge in [0.25, 0.3) is 0 Å². The van der Waals surface area contributed by atoms with E-state index in [-0.39, 0.29) is 6.04 Å². The summed E-state index contributed by atoms with van der Waals surface area (Å²) in [5.74, 6) is 1.80. The molecule has 0 fully saturated rings. The third-order valence-corrected chi connectivity index (χ3v) is 4.17. The maximum atomic E-state index is 6.30. The Hall–Kier alpha value is -1.59. The molecule has 0 bridgehead atoms. The van der Waals surface area contributed by atoms with E-state index in [2.05, 4.69) is 32.4 Å². The van der Waals surface area contributed by atoms with Crippen LogP contribution in [0.1, 0.15) is 31.0 Å². The third kappa shape index (κ3) is 2.89. The molecular formula is C16H18BrN3O. The Balaban J connectivity index is 1.85. The minimum Gasteiger partial charge on any atom is -0.458 e. The Morgan fingerprint density at radius 2 is 2.29 bits per heavy atom. The first-order valence-electron chi connectivity index (χ1n) is 7.12. The fraction of sp³-hybridized carbons (Fsp3) is 0.312. The second kappa shape index (κ2) is 6.03. The summed E-state index contributed by atoms with van der Waals surface area (Å²) in [5.41, 5.74) is 7.15. The summed E-state index contributed by atoms with van der Waals surface area (Å²) in [6.07, 6.45) is 5.58. The van der Waals surface area contributed by atoms with Crippen LogP contribution in [0.4, 0.5) is 0 Å². The van der Waals surface area contributed by atoms with Gasteiger partial charge < -0.3 is 14.7 Å². The van der Waals surface area contributed by atoms with Gasteiger partial charge in [-0.2, -0.15) is 0 Å². The van der Waals surface area contributed by atoms with E-state index in [1.54, 1.807) is 0 Å². The summed E-state index contributed by atoms with van der Waals surface area (Å²) in [4.78, 5) is 4.40. The maximum absolute atomic E-state index is 6.30. The Bertz CT molecular complexity index is 747. The van der Waals surface area contributed by atoms with Gasteiger partial charge >= 0.3 is 0 Å². The number of para-hydroxylation sites is 1. The van der Waals surface area contributed by atoms with E-state index >= 15 is 0 Å². The minimum atomic E-state index is -0.192. The van der Waals surface area contributed by atoms with Crippen LogP contribution in [0.25, 0.3) is 11.0 Å². The molecule has 4 nitrogen and oxygen atoms in total. The summed E-state index contributed by atoms with van der Waals surface area (Å²) < 4.78 is 9.00. The zero-order chi connectivity index (χ0) is 14.8. The molecule has 5 heteroatoms. The molecule has 110 valence electrons. The molecule has 2 N–H and O–H groups in total. The van der Waals surface area contributed by atoms with Crippen molar-refractivity contribution in [2.24, 2.45) is 5.73 Å². The first kappa shape index (κ1) is 14.4. The largest absolute Gasteiger partial charge is 0.458 e. The fourth-order valence-electron chi connectivity index (χ4n) is 2.50. The first-order valence-corrected chi connectivity index (χ1v) is 7.92. The monoisotopic (exact) mass is 347 g/mol. The smallest absolute Gasteiger partial charge is 0.148 e. The van der Waals surface area contributed by atoms with Crippen molar-refractivity contribution in [3.63, 3.8) is 0 Å². The predicted molar refractivity (Wildman–Crippen MR) is 87.1 cm³/mol. The van der Waals surface area contributed by atoms with Crippen molar-refractivity contribution in [2.45, 2.75) is 32.4 Å². The zero-order valence-corrected chi connectivity index (χ0v) is 13.5. The molecule has 3 rings (SSSR count). The average Bonchev–Trinajstić information content (AvgIpc) is 3.07. The van der Waals surface area contributed by atoms with Crippen molar-refractivity contribution in [3.05, 3.63) is 52.7 Å². The van der Waals surface area contributed by atoms with Gasteiger partial charge in [-0.1, -0.05) is 19.1 Å². The van der Waals surface area contributed by atoms with E-state index < -0.39 is 0 Å². The van der Waals surface area contributed by atoms with Crippen molar-refractivity contribution in [3.8, 4) is 0 Å². The number of halogens is 1. The molecule has 2 aromatic heterocycles. The summed E-state index contributed by atoms with van der Waals surface area (Å²) in [5, 5.41) is 1.06. The van der Waals surface area contributed by atoms with Crippen LogP contribution in [0.2, 0.25) is 0 Å². The van der Waals surface area contributed by atoms with Crippen molar-refractivity contribution in [1.82, 2.24) is 9.55 Å². The summed E-state index contributed by atoms with van der Waals surface area (Å²) in [6.45, 7) is 3.12. The van der Waals surface area contributed by atoms with E-state index in [0.717, 1.165) is 40.0 Å². The second-order valence-corrected chi connectivity index (χ2v) is 6.01. The highest BCUT2D eigenvalue weighted by Crippen LogP contribution is 2.29. The number of hydrogen-bond acceptors (Lipinski definition) is 3. The highest BCUT2D eigenvalue weighted by atomic mass is 79.9. The normalized spacial score (nSPS) is 12.9. The highest BCUT2D eigenvalue weighted by Gasteiger charge is 2.16. The van der Waals surface area contributed by atoms with Crippen LogP contribution in [0.5, 0.6) is 0 Å². The lowest BCUT2D eigenvalue weighted by molar-refractivity contribution is 0.480. The molecule has 1 aromatic carbocycles. The predicted octanol–water partition coefficient (Wildman–Crippen LogP) is 4.04. The molecule has 0 amide bonds. The van der Waals surface area contributed by atoms with E-state index in [0.29, 0.717) is 6.42 Å². The molecule has 0 spiro atoms. The average molecular weight is 348 g/mol. The van der Waals surface area contributed by atoms with Crippen molar-refractivity contribution >= 4 is 26.9 Å². The number of nitrogens with two attached hydrogens (primary N) is 1. The standard InChI is InChI=1S/C16H18BrN3O/c1-2-7-20-8-6-19-15(20)10-13(18)14-9-11-4-3-5-12(17)16(11)21-14/h3-6,8-9,13H,2,7,10,18H2,1H3. The number of benzene rings is 1. The Labute approximate surface area is 132 Å². The van der Waals surface area contributed by atoms with Crippen molar-refractivity contribution in [2.75, 3.05) is 0 Å². The Kier molecular flexibility index (Phi) is 4.12. The number of furan rings is 1. The van der Waals surface area contributed by atoms with Gasteiger partial charge in [0.2, 0.25) is 0 Å². The van der Waals surface area contributed by atoms with Crippen LogP contribution >= 0.6 is 15.9 Å². The number of rotatable bonds is 5. The van der Waals surface area contributed by atoms with Gasteiger partial charge in [-0.3, -0.25) is 0 Å². The van der Waals surface area contributed by atoms with Crippen molar-refractivity contribution in [1.29, 1.82) is 0 Å². The van der Waals surface area contributed by atoms with E-state index in [1.165, 1.54) is 0 Å². The molecule has 0 aliphatic heterocycles. The van der Waals surface area contributed by atoms with Crippen LogP contribution in [-0.2, 0) is 13.0 Å².